The summed E-state index contributed by atoms with van der Waals surface area (Å²) >= 11 is 0. The van der Waals surface area contributed by atoms with Gasteiger partial charge in [-0.15, -0.1) is 0 Å². The van der Waals surface area contributed by atoms with Crippen LogP contribution in [0.25, 0.3) is 0 Å². The molecule has 1 nitrogen and oxygen atoms in total. The quantitative estimate of drug-likeness (QED) is 0.398. The Bertz CT molecular complexity index is 777. The van der Waals surface area contributed by atoms with Gasteiger partial charge in [0.25, 0.3) is 12.4 Å². The Morgan fingerprint density at radius 2 is 1.62 bits per heavy atom. The van der Waals surface area contributed by atoms with Crippen molar-refractivity contribution >= 4 is 6.29 Å². The molecule has 0 aromatic heterocycles. The third kappa shape index (κ3) is 4.44. The zero-order chi connectivity index (χ0) is 18.4. The smallest absolute Gasteiger partial charge is 0.273 e. The van der Waals surface area contributed by atoms with Gasteiger partial charge in [0.15, 0.2) is 0 Å². The monoisotopic (exact) mass is 344 g/mol. The standard InChI is InChI=1S/C25H28O/c1-20-16-17-23(25(2,3)22-14-8-5-9-15-22)24(19-20)26-18-10-13-21-11-6-4-7-12-21/h4-9,11-12,14-15,20,23-24H,16-17,19H2,1-3H3/t20-,23-,24-/m1/s1. The zero-order valence-corrected chi connectivity index (χ0v) is 16.0. The van der Waals surface area contributed by atoms with Gasteiger partial charge in [-0.1, -0.05) is 87.0 Å². The topological polar surface area (TPSA) is 11.3 Å². The number of rotatable bonds is 3. The van der Waals surface area contributed by atoms with Crippen LogP contribution in [-0.4, -0.2) is 12.4 Å². The van der Waals surface area contributed by atoms with Crippen LogP contribution >= 0.6 is 0 Å². The predicted molar refractivity (Wildman–Crippen MR) is 109 cm³/mol. The Hall–Kier alpha value is -2.33. The molecule has 134 valence electrons. The average molecular weight is 344 g/mol. The molecule has 1 aliphatic carbocycles. The van der Waals surface area contributed by atoms with Crippen LogP contribution in [0, 0.1) is 23.7 Å². The summed E-state index contributed by atoms with van der Waals surface area (Å²) in [6.07, 6.45) is 6.60. The van der Waals surface area contributed by atoms with Gasteiger partial charge in [-0.05, 0) is 24.3 Å². The van der Waals surface area contributed by atoms with Crippen LogP contribution in [-0.2, 0) is 9.84 Å². The van der Waals surface area contributed by atoms with E-state index in [1.807, 2.05) is 30.3 Å². The second-order valence-electron chi connectivity index (χ2n) is 7.99. The molecular weight excluding hydrogens is 316 g/mol. The lowest BCUT2D eigenvalue weighted by Crippen LogP contribution is -2.41. The fourth-order valence-corrected chi connectivity index (χ4v) is 4.09. The fraction of sp³-hybridized carbons (Fsp3) is 0.400. The molecular formula is C25H28O. The number of hydrogen-bond acceptors (Lipinski definition) is 0. The van der Waals surface area contributed by atoms with E-state index in [0.29, 0.717) is 11.8 Å². The first-order chi connectivity index (χ1) is 12.6. The second kappa shape index (κ2) is 8.37. The van der Waals surface area contributed by atoms with Gasteiger partial charge >= 0.3 is 0 Å². The van der Waals surface area contributed by atoms with E-state index in [0.717, 1.165) is 12.0 Å². The molecule has 1 aliphatic rings. The Kier molecular flexibility index (Phi) is 5.94. The van der Waals surface area contributed by atoms with Gasteiger partial charge < -0.3 is 4.42 Å². The van der Waals surface area contributed by atoms with Crippen molar-refractivity contribution in [2.24, 2.45) is 11.8 Å². The van der Waals surface area contributed by atoms with Crippen LogP contribution in [0.1, 0.15) is 51.2 Å². The van der Waals surface area contributed by atoms with Crippen molar-refractivity contribution in [1.29, 1.82) is 0 Å². The van der Waals surface area contributed by atoms with E-state index in [1.165, 1.54) is 18.4 Å². The SMILES string of the molecule is C[C@@H]1CC[C@@H](C(C)(C)c2ccccc2)[C@H]([O+]=[C-]C#Cc2ccccc2)C1. The lowest BCUT2D eigenvalue weighted by atomic mass is 9.64. The van der Waals surface area contributed by atoms with Gasteiger partial charge in [0.1, 0.15) is 0 Å². The number of benzene rings is 2. The number of hydrogen-bond donors (Lipinski definition) is 0. The third-order valence-electron chi connectivity index (χ3n) is 5.74. The van der Waals surface area contributed by atoms with E-state index in [9.17, 15) is 0 Å². The molecule has 2 aromatic carbocycles. The molecule has 0 unspecified atom stereocenters. The lowest BCUT2D eigenvalue weighted by Gasteiger charge is -2.39. The molecule has 1 fully saturated rings. The Morgan fingerprint density at radius 3 is 2.31 bits per heavy atom. The molecule has 0 heterocycles. The minimum atomic E-state index is 0.0700. The molecule has 0 N–H and O–H groups in total. The maximum Gasteiger partial charge on any atom is 0.273 e. The van der Waals surface area contributed by atoms with Crippen molar-refractivity contribution in [2.75, 3.05) is 0 Å². The van der Waals surface area contributed by atoms with Crippen LogP contribution in [0.15, 0.2) is 60.7 Å². The summed E-state index contributed by atoms with van der Waals surface area (Å²) < 4.78 is 6.07. The molecule has 2 aromatic rings. The first-order valence-corrected chi connectivity index (χ1v) is 9.59. The summed E-state index contributed by atoms with van der Waals surface area (Å²) in [5, 5.41) is 0. The van der Waals surface area contributed by atoms with Crippen molar-refractivity contribution in [2.45, 2.75) is 51.6 Å². The molecule has 26 heavy (non-hydrogen) atoms. The highest BCUT2D eigenvalue weighted by molar-refractivity contribution is 5.75. The Labute approximate surface area is 158 Å². The molecule has 1 saturated carbocycles. The highest BCUT2D eigenvalue weighted by Crippen LogP contribution is 2.42. The largest absolute Gasteiger partial charge is 0.340 e. The molecule has 0 spiro atoms. The summed E-state index contributed by atoms with van der Waals surface area (Å²) in [6, 6.07) is 20.8. The molecule has 3 atom stereocenters. The molecule has 0 amide bonds. The van der Waals surface area contributed by atoms with Gasteiger partial charge in [0.2, 0.25) is 0 Å². The van der Waals surface area contributed by atoms with Gasteiger partial charge in [-0.3, -0.25) is 5.92 Å². The van der Waals surface area contributed by atoms with E-state index in [2.05, 4.69) is 69.2 Å². The Morgan fingerprint density at radius 1 is 0.962 bits per heavy atom. The van der Waals surface area contributed by atoms with Crippen molar-refractivity contribution in [1.82, 2.24) is 0 Å². The minimum absolute atomic E-state index is 0.0700. The Balaban J connectivity index is 1.78. The minimum Gasteiger partial charge on any atom is -0.340 e. The molecule has 0 radical (unpaired) electrons. The summed E-state index contributed by atoms with van der Waals surface area (Å²) in [5.74, 6) is 7.20. The summed E-state index contributed by atoms with van der Waals surface area (Å²) in [4.78, 5) is 0. The maximum atomic E-state index is 6.07. The van der Waals surface area contributed by atoms with Crippen molar-refractivity contribution < 1.29 is 4.42 Å². The van der Waals surface area contributed by atoms with Crippen LogP contribution in [0.4, 0.5) is 0 Å². The summed E-state index contributed by atoms with van der Waals surface area (Å²) in [6.45, 7) is 7.00. The lowest BCUT2D eigenvalue weighted by molar-refractivity contribution is -0.0781. The van der Waals surface area contributed by atoms with E-state index in [-0.39, 0.29) is 11.5 Å². The van der Waals surface area contributed by atoms with Gasteiger partial charge in [0.05, 0.1) is 5.92 Å². The van der Waals surface area contributed by atoms with Gasteiger partial charge in [-0.2, -0.15) is 5.92 Å². The van der Waals surface area contributed by atoms with Crippen LogP contribution in [0.3, 0.4) is 0 Å². The summed E-state index contributed by atoms with van der Waals surface area (Å²) in [7, 11) is 0. The molecule has 0 aliphatic heterocycles. The van der Waals surface area contributed by atoms with Crippen LogP contribution < -0.4 is 0 Å². The van der Waals surface area contributed by atoms with Crippen LogP contribution in [0.5, 0.6) is 0 Å². The van der Waals surface area contributed by atoms with Crippen molar-refractivity contribution in [3.63, 3.8) is 0 Å². The van der Waals surface area contributed by atoms with E-state index >= 15 is 0 Å². The highest BCUT2D eigenvalue weighted by atomic mass is 16.4. The maximum absolute atomic E-state index is 6.07. The normalized spacial score (nSPS) is 23.4. The van der Waals surface area contributed by atoms with Crippen molar-refractivity contribution in [3.05, 3.63) is 71.8 Å². The van der Waals surface area contributed by atoms with Gasteiger partial charge in [-0.25, -0.2) is 0 Å². The summed E-state index contributed by atoms with van der Waals surface area (Å²) in [5.41, 5.74) is 2.44. The van der Waals surface area contributed by atoms with Crippen LogP contribution in [0.2, 0.25) is 0 Å². The fourth-order valence-electron chi connectivity index (χ4n) is 4.09. The van der Waals surface area contributed by atoms with E-state index in [4.69, 9.17) is 4.42 Å². The molecule has 0 bridgehead atoms. The van der Waals surface area contributed by atoms with E-state index < -0.39 is 0 Å². The van der Waals surface area contributed by atoms with Gasteiger partial charge in [0, 0.05) is 11.8 Å². The number of carbonyl (C=O) groups excluding carboxylic acids is 1. The zero-order valence-electron chi connectivity index (χ0n) is 16.0. The first-order valence-electron chi connectivity index (χ1n) is 9.59. The molecule has 3 rings (SSSR count). The highest BCUT2D eigenvalue weighted by Gasteiger charge is 2.44. The third-order valence-corrected chi connectivity index (χ3v) is 5.74. The first kappa shape index (κ1) is 18.5. The van der Waals surface area contributed by atoms with Crippen molar-refractivity contribution in [3.8, 4) is 11.8 Å². The molecule has 1 heteroatoms. The second-order valence-corrected chi connectivity index (χ2v) is 7.99. The average Bonchev–Trinajstić information content (AvgIpc) is 2.67. The molecule has 0 saturated heterocycles. The predicted octanol–water partition coefficient (Wildman–Crippen LogP) is 5.47. The van der Waals surface area contributed by atoms with E-state index in [1.54, 1.807) is 0 Å².